The molecule has 2 aromatic heterocycles. The lowest BCUT2D eigenvalue weighted by atomic mass is 9.83. The number of rotatable bonds is 10. The summed E-state index contributed by atoms with van der Waals surface area (Å²) in [4.78, 5) is 9.08. The van der Waals surface area contributed by atoms with Crippen molar-refractivity contribution in [1.29, 1.82) is 0 Å². The number of nitrogens with one attached hydrogen (secondary N) is 1. The maximum Gasteiger partial charge on any atom is 0.223 e. The number of hydrogen-bond donors (Lipinski definition) is 3. The first kappa shape index (κ1) is 28.1. The van der Waals surface area contributed by atoms with Crippen molar-refractivity contribution < 1.29 is 14.9 Å². The van der Waals surface area contributed by atoms with Gasteiger partial charge in [-0.15, -0.1) is 0 Å². The fourth-order valence-corrected chi connectivity index (χ4v) is 5.23. The van der Waals surface area contributed by atoms with Gasteiger partial charge in [0, 0.05) is 24.0 Å². The molecule has 0 spiro atoms. The number of benzene rings is 3. The van der Waals surface area contributed by atoms with Crippen LogP contribution in [0.4, 0.5) is 0 Å². The van der Waals surface area contributed by atoms with Crippen molar-refractivity contribution in [2.45, 2.75) is 25.2 Å². The molecule has 0 aliphatic rings. The topological polar surface area (TPSA) is 92.4 Å². The molecule has 3 N–H and O–H groups in total. The lowest BCUT2D eigenvalue weighted by Gasteiger charge is -2.30. The molecule has 0 aliphatic heterocycles. The lowest BCUT2D eigenvalue weighted by molar-refractivity contribution is 0.117. The maximum atomic E-state index is 12.4. The van der Waals surface area contributed by atoms with Gasteiger partial charge in [0.2, 0.25) is 5.88 Å². The molecule has 206 valence electrons. The second-order valence-corrected chi connectivity index (χ2v) is 10.4. The molecule has 5 rings (SSSR count). The molecule has 5 aromatic rings. The first-order valence-corrected chi connectivity index (χ1v) is 13.8. The van der Waals surface area contributed by atoms with Gasteiger partial charge in [-0.2, -0.15) is 0 Å². The summed E-state index contributed by atoms with van der Waals surface area (Å²) >= 11 is 13.3. The van der Waals surface area contributed by atoms with E-state index in [-0.39, 0.29) is 0 Å². The van der Waals surface area contributed by atoms with E-state index in [9.17, 15) is 10.2 Å². The number of fused-ring (bicyclic) bond motifs is 1. The van der Waals surface area contributed by atoms with Crippen molar-refractivity contribution in [2.75, 3.05) is 13.2 Å². The zero-order valence-electron chi connectivity index (χ0n) is 22.2. The number of halogens is 2. The Kier molecular flexibility index (Phi) is 8.40. The summed E-state index contributed by atoms with van der Waals surface area (Å²) in [5.74, 6) is 0.392. The number of aromatic nitrogens is 3. The van der Waals surface area contributed by atoms with Gasteiger partial charge in [-0.3, -0.25) is 5.32 Å². The van der Waals surface area contributed by atoms with Crippen LogP contribution in [-0.4, -0.2) is 44.1 Å². The molecular formula is C31H30Cl2N4O3. The van der Waals surface area contributed by atoms with Crippen LogP contribution in [0, 0.1) is 0 Å². The minimum Gasteiger partial charge on any atom is -0.476 e. The Morgan fingerprint density at radius 3 is 2.42 bits per heavy atom. The Labute approximate surface area is 243 Å². The molecular weight excluding hydrogens is 547 g/mol. The fraction of sp³-hybridized carbons (Fsp3) is 0.226. The Morgan fingerprint density at radius 2 is 1.75 bits per heavy atom. The molecule has 0 fully saturated rings. The summed E-state index contributed by atoms with van der Waals surface area (Å²) in [6, 6.07) is 22.3. The van der Waals surface area contributed by atoms with Gasteiger partial charge in [0.1, 0.15) is 12.8 Å². The first-order chi connectivity index (χ1) is 19.3. The Balaban J connectivity index is 1.65. The second-order valence-electron chi connectivity index (χ2n) is 9.54. The summed E-state index contributed by atoms with van der Waals surface area (Å²) in [6.45, 7) is 2.63. The summed E-state index contributed by atoms with van der Waals surface area (Å²) in [5, 5.41) is 26.9. The number of pyridine rings is 1. The Hall–Kier alpha value is -3.46. The minimum atomic E-state index is -1.54. The number of aliphatic hydroxyl groups is 2. The van der Waals surface area contributed by atoms with E-state index in [1.54, 1.807) is 41.4 Å². The molecule has 0 amide bonds. The monoisotopic (exact) mass is 576 g/mol. The fourth-order valence-electron chi connectivity index (χ4n) is 4.76. The SMILES string of the molecule is CCC(O)NCCOc1nc2ccc(C(O)(c3ccc(Cl)cc3)c3cncn3C)cc2c(Cl)c1-c1ccccc1. The summed E-state index contributed by atoms with van der Waals surface area (Å²) in [5.41, 5.74) is 2.40. The molecule has 0 aliphatic carbocycles. The van der Waals surface area contributed by atoms with Crippen LogP contribution in [0.5, 0.6) is 5.88 Å². The van der Waals surface area contributed by atoms with Gasteiger partial charge in [-0.05, 0) is 47.4 Å². The first-order valence-electron chi connectivity index (χ1n) is 13.0. The van der Waals surface area contributed by atoms with Crippen molar-refractivity contribution >= 4 is 34.1 Å². The molecule has 40 heavy (non-hydrogen) atoms. The summed E-state index contributed by atoms with van der Waals surface area (Å²) < 4.78 is 7.87. The highest BCUT2D eigenvalue weighted by Crippen LogP contribution is 2.43. The molecule has 0 saturated heterocycles. The molecule has 2 heterocycles. The molecule has 7 nitrogen and oxygen atoms in total. The summed E-state index contributed by atoms with van der Waals surface area (Å²) in [6.07, 6.45) is 3.30. The van der Waals surface area contributed by atoms with Crippen molar-refractivity contribution in [3.63, 3.8) is 0 Å². The zero-order valence-corrected chi connectivity index (χ0v) is 23.7. The third kappa shape index (κ3) is 5.44. The van der Waals surface area contributed by atoms with Crippen LogP contribution in [0.3, 0.4) is 0 Å². The third-order valence-electron chi connectivity index (χ3n) is 6.93. The average molecular weight is 578 g/mol. The predicted octanol–water partition coefficient (Wildman–Crippen LogP) is 5.92. The number of aliphatic hydroxyl groups excluding tert-OH is 1. The number of aryl methyl sites for hydroxylation is 1. The van der Waals surface area contributed by atoms with Gasteiger partial charge in [-0.1, -0.05) is 78.7 Å². The van der Waals surface area contributed by atoms with Gasteiger partial charge in [0.25, 0.3) is 0 Å². The number of hydrogen-bond acceptors (Lipinski definition) is 6. The van der Waals surface area contributed by atoms with E-state index in [0.29, 0.717) is 68.8 Å². The van der Waals surface area contributed by atoms with Crippen LogP contribution >= 0.6 is 23.2 Å². The highest BCUT2D eigenvalue weighted by molar-refractivity contribution is 6.38. The smallest absolute Gasteiger partial charge is 0.223 e. The standard InChI is InChI=1S/C31H30Cl2N4O3/c1-3-27(38)35-15-16-40-30-28(20-7-5-4-6-8-20)29(33)24-17-22(11-14-25(24)36-30)31(39,26-18-34-19-37(26)2)21-9-12-23(32)13-10-21/h4-14,17-19,27,35,38-39H,3,15-16H2,1-2H3. The average Bonchev–Trinajstić information content (AvgIpc) is 3.41. The quantitative estimate of drug-likeness (QED) is 0.141. The zero-order chi connectivity index (χ0) is 28.3. The van der Waals surface area contributed by atoms with E-state index in [4.69, 9.17) is 32.9 Å². The van der Waals surface area contributed by atoms with Crippen molar-refractivity contribution in [3.05, 3.63) is 112 Å². The van der Waals surface area contributed by atoms with Crippen LogP contribution < -0.4 is 10.1 Å². The number of imidazole rings is 1. The van der Waals surface area contributed by atoms with E-state index < -0.39 is 11.8 Å². The highest BCUT2D eigenvalue weighted by Gasteiger charge is 2.37. The van der Waals surface area contributed by atoms with Crippen LogP contribution in [0.1, 0.15) is 30.2 Å². The molecule has 0 radical (unpaired) electrons. The third-order valence-corrected chi connectivity index (χ3v) is 7.57. The molecule has 0 bridgehead atoms. The van der Waals surface area contributed by atoms with Gasteiger partial charge in [-0.25, -0.2) is 9.97 Å². The van der Waals surface area contributed by atoms with Crippen LogP contribution in [0.15, 0.2) is 85.3 Å². The molecule has 2 atom stereocenters. The van der Waals surface area contributed by atoms with Gasteiger partial charge in [0.05, 0.1) is 34.3 Å². The molecule has 2 unspecified atom stereocenters. The van der Waals surface area contributed by atoms with Gasteiger partial charge >= 0.3 is 0 Å². The molecule has 0 saturated carbocycles. The molecule has 3 aromatic carbocycles. The Morgan fingerprint density at radius 1 is 1.02 bits per heavy atom. The van der Waals surface area contributed by atoms with Crippen LogP contribution in [0.2, 0.25) is 10.0 Å². The van der Waals surface area contributed by atoms with Crippen molar-refractivity contribution in [1.82, 2.24) is 19.9 Å². The summed E-state index contributed by atoms with van der Waals surface area (Å²) in [7, 11) is 1.84. The van der Waals surface area contributed by atoms with Crippen LogP contribution in [0.25, 0.3) is 22.0 Å². The number of ether oxygens (including phenoxy) is 1. The normalized spacial score (nSPS) is 13.8. The minimum absolute atomic E-state index is 0.292. The van der Waals surface area contributed by atoms with E-state index >= 15 is 0 Å². The van der Waals surface area contributed by atoms with E-state index in [1.165, 1.54) is 0 Å². The second kappa shape index (κ2) is 12.0. The van der Waals surface area contributed by atoms with Gasteiger partial charge < -0.3 is 19.5 Å². The Bertz CT molecular complexity index is 1610. The van der Waals surface area contributed by atoms with Crippen molar-refractivity contribution in [3.8, 4) is 17.0 Å². The predicted molar refractivity (Wildman–Crippen MR) is 159 cm³/mol. The van der Waals surface area contributed by atoms with E-state index in [0.717, 1.165) is 5.56 Å². The maximum absolute atomic E-state index is 12.4. The van der Waals surface area contributed by atoms with E-state index in [1.807, 2.05) is 62.5 Å². The van der Waals surface area contributed by atoms with Crippen molar-refractivity contribution in [2.24, 2.45) is 7.05 Å². The van der Waals surface area contributed by atoms with Gasteiger partial charge in [0.15, 0.2) is 5.60 Å². The lowest BCUT2D eigenvalue weighted by Crippen LogP contribution is -2.31. The highest BCUT2D eigenvalue weighted by atomic mass is 35.5. The number of nitrogens with zero attached hydrogens (tertiary/aromatic N) is 3. The molecule has 9 heteroatoms. The largest absolute Gasteiger partial charge is 0.476 e. The van der Waals surface area contributed by atoms with Crippen LogP contribution in [-0.2, 0) is 12.6 Å². The van der Waals surface area contributed by atoms with E-state index in [2.05, 4.69) is 10.3 Å².